The van der Waals surface area contributed by atoms with Gasteiger partial charge in [-0.25, -0.2) is 0 Å². The number of hydrogen-bond donors (Lipinski definition) is 3. The van der Waals surface area contributed by atoms with E-state index in [9.17, 15) is 9.59 Å². The first kappa shape index (κ1) is 9.98. The van der Waals surface area contributed by atoms with Crippen LogP contribution in [0.4, 0.5) is 0 Å². The van der Waals surface area contributed by atoms with Gasteiger partial charge in [0.2, 0.25) is 5.91 Å². The maximum Gasteiger partial charge on any atom is 0.311 e. The molecular formula is C8H14N2O3. The molecule has 0 radical (unpaired) electrons. The number of amides is 1. The number of nitrogens with one attached hydrogen (secondary N) is 1. The van der Waals surface area contributed by atoms with Gasteiger partial charge in [0.1, 0.15) is 0 Å². The summed E-state index contributed by atoms with van der Waals surface area (Å²) in [4.78, 5) is 21.7. The predicted octanol–water partition coefficient (Wildman–Crippen LogP) is -0.685. The number of carbonyl (C=O) groups excluding carboxylic acids is 1. The highest BCUT2D eigenvalue weighted by Crippen LogP contribution is 2.45. The number of nitrogens with two attached hydrogens (primary N) is 1. The maximum atomic E-state index is 11.0. The smallest absolute Gasteiger partial charge is 0.311 e. The van der Waals surface area contributed by atoms with Crippen LogP contribution in [0.3, 0.4) is 0 Å². The third kappa shape index (κ3) is 2.18. The van der Waals surface area contributed by atoms with E-state index in [0.717, 1.165) is 0 Å². The molecule has 13 heavy (non-hydrogen) atoms. The Balaban J connectivity index is 2.35. The molecule has 1 saturated carbocycles. The summed E-state index contributed by atoms with van der Waals surface area (Å²) < 4.78 is 0. The molecule has 1 amide bonds. The van der Waals surface area contributed by atoms with Crippen LogP contribution in [-0.2, 0) is 9.59 Å². The van der Waals surface area contributed by atoms with E-state index in [1.54, 1.807) is 6.92 Å². The van der Waals surface area contributed by atoms with Crippen molar-refractivity contribution in [2.45, 2.75) is 25.8 Å². The van der Waals surface area contributed by atoms with E-state index in [1.165, 1.54) is 0 Å². The minimum Gasteiger partial charge on any atom is -0.481 e. The second-order valence-corrected chi connectivity index (χ2v) is 3.59. The normalized spacial score (nSPS) is 20.5. The van der Waals surface area contributed by atoms with Crippen molar-refractivity contribution in [3.63, 3.8) is 0 Å². The van der Waals surface area contributed by atoms with Gasteiger partial charge >= 0.3 is 5.97 Å². The molecule has 0 aliphatic heterocycles. The fourth-order valence-electron chi connectivity index (χ4n) is 1.03. The van der Waals surface area contributed by atoms with Crippen LogP contribution in [-0.4, -0.2) is 29.6 Å². The standard InChI is InChI=1S/C8H14N2O3/c1-5(9)6(11)10-4-8(2-3-8)7(12)13/h5H,2-4,9H2,1H3,(H,10,11)(H,12,13). The number of carbonyl (C=O) groups is 2. The van der Waals surface area contributed by atoms with Gasteiger partial charge in [-0.15, -0.1) is 0 Å². The molecule has 1 aliphatic carbocycles. The van der Waals surface area contributed by atoms with Gasteiger partial charge in [0.15, 0.2) is 0 Å². The molecule has 0 heterocycles. The summed E-state index contributed by atoms with van der Waals surface area (Å²) in [7, 11) is 0. The number of rotatable bonds is 4. The third-order valence-electron chi connectivity index (χ3n) is 2.32. The highest BCUT2D eigenvalue weighted by molar-refractivity contribution is 5.83. The van der Waals surface area contributed by atoms with Crippen LogP contribution in [0, 0.1) is 5.41 Å². The molecule has 1 aliphatic rings. The van der Waals surface area contributed by atoms with E-state index in [1.807, 2.05) is 0 Å². The molecule has 74 valence electrons. The maximum absolute atomic E-state index is 11.0. The minimum atomic E-state index is -0.836. The van der Waals surface area contributed by atoms with Crippen LogP contribution >= 0.6 is 0 Å². The van der Waals surface area contributed by atoms with Gasteiger partial charge in [0.05, 0.1) is 11.5 Å². The Morgan fingerprint density at radius 1 is 1.62 bits per heavy atom. The zero-order valence-corrected chi connectivity index (χ0v) is 7.54. The Hall–Kier alpha value is -1.10. The van der Waals surface area contributed by atoms with E-state index in [0.29, 0.717) is 12.8 Å². The highest BCUT2D eigenvalue weighted by Gasteiger charge is 2.50. The Labute approximate surface area is 76.3 Å². The number of aliphatic carboxylic acids is 1. The van der Waals surface area contributed by atoms with Crippen LogP contribution in [0.15, 0.2) is 0 Å². The summed E-state index contributed by atoms with van der Waals surface area (Å²) in [6.45, 7) is 1.76. The van der Waals surface area contributed by atoms with Crippen molar-refractivity contribution >= 4 is 11.9 Å². The van der Waals surface area contributed by atoms with Crippen LogP contribution < -0.4 is 11.1 Å². The van der Waals surface area contributed by atoms with E-state index in [2.05, 4.69) is 5.32 Å². The van der Waals surface area contributed by atoms with Crippen LogP contribution in [0.1, 0.15) is 19.8 Å². The summed E-state index contributed by atoms with van der Waals surface area (Å²) in [6, 6.07) is -0.579. The summed E-state index contributed by atoms with van der Waals surface area (Å²) in [6.07, 6.45) is 1.28. The lowest BCUT2D eigenvalue weighted by Crippen LogP contribution is -2.42. The van der Waals surface area contributed by atoms with Gasteiger partial charge < -0.3 is 16.2 Å². The van der Waals surface area contributed by atoms with Crippen LogP contribution in [0.25, 0.3) is 0 Å². The predicted molar refractivity (Wildman–Crippen MR) is 46.0 cm³/mol. The Morgan fingerprint density at radius 3 is 2.46 bits per heavy atom. The summed E-state index contributed by atoms with van der Waals surface area (Å²) >= 11 is 0. The number of hydrogen-bond acceptors (Lipinski definition) is 3. The molecule has 0 spiro atoms. The second kappa shape index (κ2) is 3.33. The zero-order valence-electron chi connectivity index (χ0n) is 7.54. The largest absolute Gasteiger partial charge is 0.481 e. The van der Waals surface area contributed by atoms with Crippen molar-refractivity contribution in [2.75, 3.05) is 6.54 Å². The van der Waals surface area contributed by atoms with Crippen molar-refractivity contribution in [1.82, 2.24) is 5.32 Å². The van der Waals surface area contributed by atoms with Crippen LogP contribution in [0.2, 0.25) is 0 Å². The summed E-state index contributed by atoms with van der Waals surface area (Å²) in [5.41, 5.74) is 4.60. The Morgan fingerprint density at radius 2 is 2.15 bits per heavy atom. The molecule has 1 unspecified atom stereocenters. The quantitative estimate of drug-likeness (QED) is 0.542. The molecule has 0 bridgehead atoms. The van der Waals surface area contributed by atoms with Crippen molar-refractivity contribution in [1.29, 1.82) is 0 Å². The van der Waals surface area contributed by atoms with Gasteiger partial charge in [-0.3, -0.25) is 9.59 Å². The lowest BCUT2D eigenvalue weighted by Gasteiger charge is -2.12. The number of carboxylic acids is 1. The average molecular weight is 186 g/mol. The van der Waals surface area contributed by atoms with Crippen LogP contribution in [0.5, 0.6) is 0 Å². The lowest BCUT2D eigenvalue weighted by atomic mass is 10.1. The second-order valence-electron chi connectivity index (χ2n) is 3.59. The molecular weight excluding hydrogens is 172 g/mol. The fraction of sp³-hybridized carbons (Fsp3) is 0.750. The topological polar surface area (TPSA) is 92.4 Å². The first-order valence-electron chi connectivity index (χ1n) is 4.25. The van der Waals surface area contributed by atoms with E-state index >= 15 is 0 Å². The van der Waals surface area contributed by atoms with E-state index in [-0.39, 0.29) is 12.5 Å². The highest BCUT2D eigenvalue weighted by atomic mass is 16.4. The van der Waals surface area contributed by atoms with Crippen molar-refractivity contribution in [3.8, 4) is 0 Å². The molecule has 5 heteroatoms. The fourth-order valence-corrected chi connectivity index (χ4v) is 1.03. The minimum absolute atomic E-state index is 0.197. The van der Waals surface area contributed by atoms with Crippen molar-refractivity contribution in [3.05, 3.63) is 0 Å². The monoisotopic (exact) mass is 186 g/mol. The van der Waals surface area contributed by atoms with Gasteiger partial charge in [-0.2, -0.15) is 0 Å². The SMILES string of the molecule is CC(N)C(=O)NCC1(C(=O)O)CC1. The zero-order chi connectivity index (χ0) is 10.1. The van der Waals surface area contributed by atoms with Gasteiger partial charge in [0, 0.05) is 6.54 Å². The van der Waals surface area contributed by atoms with Gasteiger partial charge in [-0.1, -0.05) is 0 Å². The van der Waals surface area contributed by atoms with Crippen molar-refractivity contribution < 1.29 is 14.7 Å². The van der Waals surface area contributed by atoms with Gasteiger partial charge in [-0.05, 0) is 19.8 Å². The molecule has 1 atom stereocenters. The first-order chi connectivity index (χ1) is 5.98. The van der Waals surface area contributed by atoms with Gasteiger partial charge in [0.25, 0.3) is 0 Å². The Kier molecular flexibility index (Phi) is 2.56. The first-order valence-corrected chi connectivity index (χ1v) is 4.25. The molecule has 5 nitrogen and oxygen atoms in total. The molecule has 1 rings (SSSR count). The average Bonchev–Trinajstić information content (AvgIpc) is 2.80. The molecule has 0 aromatic carbocycles. The summed E-state index contributed by atoms with van der Waals surface area (Å²) in [5, 5.41) is 11.3. The molecule has 0 aromatic heterocycles. The van der Waals surface area contributed by atoms with E-state index in [4.69, 9.17) is 10.8 Å². The van der Waals surface area contributed by atoms with E-state index < -0.39 is 17.4 Å². The number of carboxylic acid groups (broad SMARTS) is 1. The molecule has 4 N–H and O–H groups in total. The lowest BCUT2D eigenvalue weighted by molar-refractivity contribution is -0.143. The molecule has 0 aromatic rings. The Bertz CT molecular complexity index is 234. The summed E-state index contributed by atoms with van der Waals surface area (Å²) in [5.74, 6) is -1.13. The molecule has 0 saturated heterocycles. The molecule has 1 fully saturated rings. The van der Waals surface area contributed by atoms with Crippen molar-refractivity contribution in [2.24, 2.45) is 11.1 Å². The third-order valence-corrected chi connectivity index (χ3v) is 2.32.